The number of hydrogen-bond donors (Lipinski definition) is 2. The van der Waals surface area contributed by atoms with E-state index in [1.165, 1.54) is 0 Å². The molecule has 0 aliphatic rings. The van der Waals surface area contributed by atoms with Crippen LogP contribution in [0.4, 0.5) is 5.69 Å². The van der Waals surface area contributed by atoms with Crippen molar-refractivity contribution in [3.05, 3.63) is 87.2 Å². The van der Waals surface area contributed by atoms with Gasteiger partial charge in [-0.15, -0.1) is 0 Å². The molecule has 1 heterocycles. The van der Waals surface area contributed by atoms with Crippen LogP contribution in [0, 0.1) is 25.2 Å². The molecule has 4 rings (SSSR count). The quantitative estimate of drug-likeness (QED) is 0.299. The number of anilines is 1. The first-order valence-electron chi connectivity index (χ1n) is 10.4. The summed E-state index contributed by atoms with van der Waals surface area (Å²) >= 11 is 12.1. The number of ether oxygens (including phenoxy) is 1. The second-order valence-corrected chi connectivity index (χ2v) is 8.53. The summed E-state index contributed by atoms with van der Waals surface area (Å²) in [5.74, 6) is 0.629. The van der Waals surface area contributed by atoms with Gasteiger partial charge in [-0.05, 0) is 73.0 Å². The van der Waals surface area contributed by atoms with Gasteiger partial charge in [0, 0.05) is 0 Å². The van der Waals surface area contributed by atoms with Gasteiger partial charge in [0.2, 0.25) is 0 Å². The van der Waals surface area contributed by atoms with Gasteiger partial charge >= 0.3 is 0 Å². The van der Waals surface area contributed by atoms with Crippen LogP contribution in [0.15, 0.2) is 54.6 Å². The number of nitrogens with one attached hydrogen (secondary N) is 2. The fraction of sp³-hybridized carbons (Fsp3) is 0.115. The number of aryl methyl sites for hydroxylation is 2. The molecular formula is C26H20Cl2N4O2. The van der Waals surface area contributed by atoms with Crippen molar-refractivity contribution in [2.45, 2.75) is 13.8 Å². The molecule has 0 saturated heterocycles. The zero-order valence-corrected chi connectivity index (χ0v) is 20.0. The van der Waals surface area contributed by atoms with Gasteiger partial charge in [-0.25, -0.2) is 4.98 Å². The van der Waals surface area contributed by atoms with Gasteiger partial charge in [0.15, 0.2) is 6.61 Å². The number of allylic oxidation sites excluding steroid dienone is 1. The molecule has 0 fully saturated rings. The second-order valence-electron chi connectivity index (χ2n) is 7.71. The van der Waals surface area contributed by atoms with Crippen molar-refractivity contribution in [2.75, 3.05) is 11.9 Å². The molecule has 2 N–H and O–H groups in total. The van der Waals surface area contributed by atoms with Crippen LogP contribution in [0.2, 0.25) is 10.0 Å². The number of nitriles is 1. The molecule has 0 bridgehead atoms. The lowest BCUT2D eigenvalue weighted by molar-refractivity contribution is -0.118. The Morgan fingerprint density at radius 1 is 1.12 bits per heavy atom. The average Bonchev–Trinajstić information content (AvgIpc) is 3.22. The minimum atomic E-state index is -0.388. The van der Waals surface area contributed by atoms with E-state index in [1.807, 2.05) is 26.0 Å². The maximum atomic E-state index is 12.2. The van der Waals surface area contributed by atoms with Crippen molar-refractivity contribution >= 4 is 57.5 Å². The van der Waals surface area contributed by atoms with E-state index >= 15 is 0 Å². The number of nitrogens with zero attached hydrogens (tertiary/aromatic N) is 2. The first kappa shape index (κ1) is 23.4. The van der Waals surface area contributed by atoms with E-state index in [2.05, 4.69) is 21.4 Å². The number of halogens is 2. The van der Waals surface area contributed by atoms with Crippen LogP contribution < -0.4 is 10.1 Å². The van der Waals surface area contributed by atoms with Crippen LogP contribution in [-0.4, -0.2) is 22.5 Å². The Morgan fingerprint density at radius 3 is 2.47 bits per heavy atom. The summed E-state index contributed by atoms with van der Waals surface area (Å²) in [5.41, 5.74) is 5.57. The van der Waals surface area contributed by atoms with E-state index in [-0.39, 0.29) is 12.5 Å². The minimum absolute atomic E-state index is 0.210. The van der Waals surface area contributed by atoms with Crippen LogP contribution in [0.3, 0.4) is 0 Å². The molecule has 8 heteroatoms. The number of H-pyrrole nitrogens is 1. The Kier molecular flexibility index (Phi) is 6.87. The van der Waals surface area contributed by atoms with Crippen molar-refractivity contribution in [1.82, 2.24) is 9.97 Å². The molecule has 34 heavy (non-hydrogen) atoms. The van der Waals surface area contributed by atoms with Gasteiger partial charge in [0.05, 0.1) is 32.3 Å². The number of carbonyl (C=O) groups excluding carboxylic acids is 1. The SMILES string of the molecule is Cc1cc2nc(/C(C#N)=C/c3ccc(OCC(=O)Nc4c(Cl)cccc4Cl)cc3)[nH]c2cc1C. The molecule has 170 valence electrons. The Bertz CT molecular complexity index is 1390. The third-order valence-corrected chi connectivity index (χ3v) is 5.89. The Labute approximate surface area is 206 Å². The van der Waals surface area contributed by atoms with E-state index in [0.717, 1.165) is 27.7 Å². The zero-order chi connectivity index (χ0) is 24.2. The molecule has 6 nitrogen and oxygen atoms in total. The predicted octanol–water partition coefficient (Wildman–Crippen LogP) is 6.57. The van der Waals surface area contributed by atoms with E-state index in [0.29, 0.717) is 32.9 Å². The summed E-state index contributed by atoms with van der Waals surface area (Å²) in [4.78, 5) is 20.0. The monoisotopic (exact) mass is 490 g/mol. The van der Waals surface area contributed by atoms with Crippen molar-refractivity contribution in [1.29, 1.82) is 5.26 Å². The lowest BCUT2D eigenvalue weighted by atomic mass is 10.1. The third-order valence-electron chi connectivity index (χ3n) is 5.26. The average molecular weight is 491 g/mol. The van der Waals surface area contributed by atoms with Crippen molar-refractivity contribution in [3.8, 4) is 11.8 Å². The van der Waals surface area contributed by atoms with E-state index in [9.17, 15) is 10.1 Å². The molecule has 0 radical (unpaired) electrons. The van der Waals surface area contributed by atoms with Gasteiger partial charge in [0.1, 0.15) is 17.6 Å². The highest BCUT2D eigenvalue weighted by Crippen LogP contribution is 2.29. The topological polar surface area (TPSA) is 90.8 Å². The number of imidazole rings is 1. The number of aromatic nitrogens is 2. The Balaban J connectivity index is 1.43. The number of carbonyl (C=O) groups is 1. The summed E-state index contributed by atoms with van der Waals surface area (Å²) in [6.45, 7) is 3.86. The number of hydrogen-bond acceptors (Lipinski definition) is 4. The standard InChI is InChI=1S/C26H20Cl2N4O2/c1-15-10-22-23(11-16(15)2)31-26(30-22)18(13-29)12-17-6-8-19(9-7-17)34-14-24(33)32-25-20(27)4-3-5-21(25)28/h3-12H,14H2,1-2H3,(H,30,31)(H,32,33)/b18-12+. The smallest absolute Gasteiger partial charge is 0.262 e. The van der Waals surface area contributed by atoms with Crippen LogP contribution in [0.1, 0.15) is 22.5 Å². The van der Waals surface area contributed by atoms with Crippen LogP contribution >= 0.6 is 23.2 Å². The summed E-state index contributed by atoms with van der Waals surface area (Å²) in [5, 5.41) is 13.0. The first-order chi connectivity index (χ1) is 16.3. The lowest BCUT2D eigenvalue weighted by Gasteiger charge is -2.10. The highest BCUT2D eigenvalue weighted by Gasteiger charge is 2.11. The van der Waals surface area contributed by atoms with E-state index in [1.54, 1.807) is 48.5 Å². The molecule has 0 unspecified atom stereocenters. The van der Waals surface area contributed by atoms with E-state index < -0.39 is 0 Å². The fourth-order valence-corrected chi connectivity index (χ4v) is 3.81. The molecule has 4 aromatic rings. The normalized spacial score (nSPS) is 11.3. The van der Waals surface area contributed by atoms with Gasteiger partial charge in [-0.2, -0.15) is 5.26 Å². The van der Waals surface area contributed by atoms with Gasteiger partial charge in [-0.3, -0.25) is 4.79 Å². The van der Waals surface area contributed by atoms with E-state index in [4.69, 9.17) is 27.9 Å². The zero-order valence-electron chi connectivity index (χ0n) is 18.4. The van der Waals surface area contributed by atoms with Crippen molar-refractivity contribution < 1.29 is 9.53 Å². The van der Waals surface area contributed by atoms with Gasteiger partial charge in [0.25, 0.3) is 5.91 Å². The number of benzene rings is 3. The molecule has 1 aromatic heterocycles. The molecule has 0 aliphatic heterocycles. The number of para-hydroxylation sites is 1. The highest BCUT2D eigenvalue weighted by atomic mass is 35.5. The fourth-order valence-electron chi connectivity index (χ4n) is 3.32. The third kappa shape index (κ3) is 5.23. The molecule has 0 aliphatic carbocycles. The number of fused-ring (bicyclic) bond motifs is 1. The number of amides is 1. The summed E-state index contributed by atoms with van der Waals surface area (Å²) in [7, 11) is 0. The van der Waals surface area contributed by atoms with Crippen molar-refractivity contribution in [2.24, 2.45) is 0 Å². The molecule has 3 aromatic carbocycles. The molecule has 0 spiro atoms. The largest absolute Gasteiger partial charge is 0.484 e. The molecule has 0 atom stereocenters. The maximum absolute atomic E-state index is 12.2. The summed E-state index contributed by atoms with van der Waals surface area (Å²) in [6.07, 6.45) is 1.74. The number of rotatable bonds is 6. The first-order valence-corrected chi connectivity index (χ1v) is 11.2. The molecule has 1 amide bonds. The molecular weight excluding hydrogens is 471 g/mol. The van der Waals surface area contributed by atoms with Gasteiger partial charge < -0.3 is 15.0 Å². The lowest BCUT2D eigenvalue weighted by Crippen LogP contribution is -2.20. The van der Waals surface area contributed by atoms with Crippen molar-refractivity contribution in [3.63, 3.8) is 0 Å². The second kappa shape index (κ2) is 10.0. The minimum Gasteiger partial charge on any atom is -0.484 e. The van der Waals surface area contributed by atoms with Crippen LogP contribution in [0.25, 0.3) is 22.7 Å². The Morgan fingerprint density at radius 2 is 1.79 bits per heavy atom. The summed E-state index contributed by atoms with van der Waals surface area (Å²) in [6, 6.07) is 18.2. The predicted molar refractivity (Wildman–Crippen MR) is 136 cm³/mol. The molecule has 0 saturated carbocycles. The van der Waals surface area contributed by atoms with Gasteiger partial charge in [-0.1, -0.05) is 41.4 Å². The highest BCUT2D eigenvalue weighted by molar-refractivity contribution is 6.39. The van der Waals surface area contributed by atoms with Crippen LogP contribution in [0.5, 0.6) is 5.75 Å². The summed E-state index contributed by atoms with van der Waals surface area (Å²) < 4.78 is 5.55. The maximum Gasteiger partial charge on any atom is 0.262 e. The Hall–Kier alpha value is -3.79. The number of aromatic amines is 1. The van der Waals surface area contributed by atoms with Crippen LogP contribution in [-0.2, 0) is 4.79 Å².